The van der Waals surface area contributed by atoms with Crippen LogP contribution in [-0.2, 0) is 0 Å². The van der Waals surface area contributed by atoms with Crippen LogP contribution in [0.2, 0.25) is 0 Å². The first kappa shape index (κ1) is 13.3. The van der Waals surface area contributed by atoms with Crippen LogP contribution < -0.4 is 11.1 Å². The Morgan fingerprint density at radius 1 is 1.20 bits per heavy atom. The van der Waals surface area contributed by atoms with Crippen molar-refractivity contribution in [3.05, 3.63) is 58.1 Å². The van der Waals surface area contributed by atoms with Crippen molar-refractivity contribution >= 4 is 23.0 Å². The van der Waals surface area contributed by atoms with Crippen molar-refractivity contribution in [3.8, 4) is 5.75 Å². The number of rotatable bonds is 3. The van der Waals surface area contributed by atoms with Gasteiger partial charge in [-0.25, -0.2) is 0 Å². The minimum atomic E-state index is -0.755. The number of nitro benzene ring substituents is 1. The van der Waals surface area contributed by atoms with Gasteiger partial charge in [0.25, 0.3) is 5.91 Å². The summed E-state index contributed by atoms with van der Waals surface area (Å²) in [6.45, 7) is 0. The van der Waals surface area contributed by atoms with Gasteiger partial charge >= 0.3 is 5.69 Å². The Morgan fingerprint density at radius 3 is 2.45 bits per heavy atom. The number of phenols is 1. The molecular formula is C13H11N3O4. The van der Waals surface area contributed by atoms with Crippen LogP contribution in [0.3, 0.4) is 0 Å². The zero-order valence-electron chi connectivity index (χ0n) is 10.2. The first-order valence-electron chi connectivity index (χ1n) is 5.62. The summed E-state index contributed by atoms with van der Waals surface area (Å²) in [6, 6.07) is 10.1. The number of hydrogen-bond acceptors (Lipinski definition) is 5. The third kappa shape index (κ3) is 2.66. The molecule has 0 saturated heterocycles. The molecule has 0 aliphatic heterocycles. The van der Waals surface area contributed by atoms with Gasteiger partial charge in [0, 0.05) is 17.4 Å². The number of aromatic hydroxyl groups is 1. The highest BCUT2D eigenvalue weighted by atomic mass is 16.6. The molecule has 102 valence electrons. The number of carbonyl (C=O) groups is 1. The number of amides is 1. The number of para-hydroxylation sites is 1. The van der Waals surface area contributed by atoms with Crippen LogP contribution in [0.1, 0.15) is 10.4 Å². The van der Waals surface area contributed by atoms with Gasteiger partial charge in [-0.1, -0.05) is 6.07 Å². The summed E-state index contributed by atoms with van der Waals surface area (Å²) >= 11 is 0. The lowest BCUT2D eigenvalue weighted by Crippen LogP contribution is -2.12. The van der Waals surface area contributed by atoms with E-state index in [1.54, 1.807) is 24.3 Å². The van der Waals surface area contributed by atoms with Gasteiger partial charge in [0.1, 0.15) is 0 Å². The van der Waals surface area contributed by atoms with Crippen molar-refractivity contribution in [2.24, 2.45) is 0 Å². The van der Waals surface area contributed by atoms with E-state index in [-0.39, 0.29) is 5.56 Å². The Kier molecular flexibility index (Phi) is 3.52. The molecule has 0 spiro atoms. The molecule has 4 N–H and O–H groups in total. The number of nitrogens with two attached hydrogens (primary N) is 1. The van der Waals surface area contributed by atoms with Gasteiger partial charge in [-0.15, -0.1) is 0 Å². The lowest BCUT2D eigenvalue weighted by atomic mass is 10.1. The van der Waals surface area contributed by atoms with Crippen molar-refractivity contribution in [2.75, 3.05) is 11.1 Å². The number of hydrogen-bond donors (Lipinski definition) is 3. The van der Waals surface area contributed by atoms with Crippen LogP contribution in [-0.4, -0.2) is 15.9 Å². The summed E-state index contributed by atoms with van der Waals surface area (Å²) in [6.07, 6.45) is 0. The number of nitrogens with one attached hydrogen (secondary N) is 1. The van der Waals surface area contributed by atoms with E-state index in [1.807, 2.05) is 0 Å². The van der Waals surface area contributed by atoms with Gasteiger partial charge in [0.2, 0.25) is 5.75 Å². The average Bonchev–Trinajstić information content (AvgIpc) is 2.41. The van der Waals surface area contributed by atoms with E-state index in [4.69, 9.17) is 5.73 Å². The third-order valence-corrected chi connectivity index (χ3v) is 2.62. The minimum Gasteiger partial charge on any atom is -0.502 e. The predicted molar refractivity (Wildman–Crippen MR) is 73.6 cm³/mol. The molecule has 0 atom stereocenters. The molecule has 2 aromatic carbocycles. The molecule has 0 bridgehead atoms. The van der Waals surface area contributed by atoms with E-state index in [1.165, 1.54) is 12.1 Å². The fourth-order valence-electron chi connectivity index (χ4n) is 1.63. The normalized spacial score (nSPS) is 10.0. The lowest BCUT2D eigenvalue weighted by Gasteiger charge is -2.07. The molecule has 7 nitrogen and oxygen atoms in total. The summed E-state index contributed by atoms with van der Waals surface area (Å²) in [5, 5.41) is 22.9. The van der Waals surface area contributed by atoms with Crippen LogP contribution in [0, 0.1) is 10.1 Å². The fraction of sp³-hybridized carbons (Fsp3) is 0. The SMILES string of the molecule is Nc1ccc(NC(=O)c2cccc([N+](=O)[O-])c2O)cc1. The van der Waals surface area contributed by atoms with Crippen LogP contribution in [0.25, 0.3) is 0 Å². The van der Waals surface area contributed by atoms with Crippen molar-refractivity contribution in [3.63, 3.8) is 0 Å². The number of nitro groups is 1. The van der Waals surface area contributed by atoms with Crippen molar-refractivity contribution in [2.45, 2.75) is 0 Å². The second-order valence-corrected chi connectivity index (χ2v) is 4.01. The van der Waals surface area contributed by atoms with Crippen molar-refractivity contribution in [1.82, 2.24) is 0 Å². The minimum absolute atomic E-state index is 0.170. The number of benzene rings is 2. The summed E-state index contributed by atoms with van der Waals surface area (Å²) in [5.41, 5.74) is 5.84. The molecule has 0 aromatic heterocycles. The first-order valence-corrected chi connectivity index (χ1v) is 5.62. The monoisotopic (exact) mass is 273 g/mol. The van der Waals surface area contributed by atoms with Gasteiger partial charge in [-0.2, -0.15) is 0 Å². The van der Waals surface area contributed by atoms with E-state index < -0.39 is 22.3 Å². The Hall–Kier alpha value is -3.09. The Balaban J connectivity index is 2.28. The number of nitrogens with zero attached hydrogens (tertiary/aromatic N) is 1. The highest BCUT2D eigenvalue weighted by molar-refractivity contribution is 6.06. The molecule has 2 rings (SSSR count). The maximum absolute atomic E-state index is 12.0. The summed E-state index contributed by atoms with van der Waals surface area (Å²) in [7, 11) is 0. The molecule has 0 unspecified atom stereocenters. The molecule has 0 heterocycles. The summed E-state index contributed by atoms with van der Waals surface area (Å²) in [4.78, 5) is 21.9. The van der Waals surface area contributed by atoms with E-state index >= 15 is 0 Å². The smallest absolute Gasteiger partial charge is 0.311 e. The number of phenolic OH excluding ortho intramolecular Hbond substituents is 1. The molecule has 20 heavy (non-hydrogen) atoms. The molecule has 7 heteroatoms. The Labute approximate surface area is 113 Å². The molecule has 0 aliphatic rings. The fourth-order valence-corrected chi connectivity index (χ4v) is 1.63. The second kappa shape index (κ2) is 5.27. The molecule has 0 fully saturated rings. The molecule has 0 aliphatic carbocycles. The lowest BCUT2D eigenvalue weighted by molar-refractivity contribution is -0.385. The van der Waals surface area contributed by atoms with E-state index in [2.05, 4.69) is 5.32 Å². The predicted octanol–water partition coefficient (Wildman–Crippen LogP) is 2.13. The van der Waals surface area contributed by atoms with Gasteiger partial charge in [0.15, 0.2) is 0 Å². The van der Waals surface area contributed by atoms with Gasteiger partial charge in [-0.05, 0) is 30.3 Å². The third-order valence-electron chi connectivity index (χ3n) is 2.62. The van der Waals surface area contributed by atoms with Crippen LogP contribution in [0.4, 0.5) is 17.1 Å². The van der Waals surface area contributed by atoms with E-state index in [0.717, 1.165) is 6.07 Å². The largest absolute Gasteiger partial charge is 0.502 e. The molecular weight excluding hydrogens is 262 g/mol. The van der Waals surface area contributed by atoms with Crippen LogP contribution >= 0.6 is 0 Å². The summed E-state index contributed by atoms with van der Waals surface area (Å²) in [5.74, 6) is -1.30. The van der Waals surface area contributed by atoms with Gasteiger partial charge in [0.05, 0.1) is 10.5 Å². The Morgan fingerprint density at radius 2 is 1.85 bits per heavy atom. The highest BCUT2D eigenvalue weighted by Crippen LogP contribution is 2.29. The van der Waals surface area contributed by atoms with Crippen LogP contribution in [0.5, 0.6) is 5.75 Å². The maximum atomic E-state index is 12.0. The maximum Gasteiger partial charge on any atom is 0.311 e. The molecule has 2 aromatic rings. The van der Waals surface area contributed by atoms with Crippen molar-refractivity contribution in [1.29, 1.82) is 0 Å². The highest BCUT2D eigenvalue weighted by Gasteiger charge is 2.20. The van der Waals surface area contributed by atoms with E-state index in [9.17, 15) is 20.0 Å². The number of anilines is 2. The molecule has 0 radical (unpaired) electrons. The number of nitrogen functional groups attached to an aromatic ring is 1. The first-order chi connectivity index (χ1) is 9.49. The average molecular weight is 273 g/mol. The van der Waals surface area contributed by atoms with E-state index in [0.29, 0.717) is 11.4 Å². The number of carbonyl (C=O) groups excluding carboxylic acids is 1. The standard InChI is InChI=1S/C13H11N3O4/c14-8-4-6-9(7-5-8)15-13(18)10-2-1-3-11(12(10)17)16(19)20/h1-7,17H,14H2,(H,15,18). The summed E-state index contributed by atoms with van der Waals surface area (Å²) < 4.78 is 0. The topological polar surface area (TPSA) is 118 Å². The molecule has 1 amide bonds. The van der Waals surface area contributed by atoms with Crippen molar-refractivity contribution < 1.29 is 14.8 Å². The van der Waals surface area contributed by atoms with Gasteiger partial charge < -0.3 is 16.2 Å². The van der Waals surface area contributed by atoms with Gasteiger partial charge in [-0.3, -0.25) is 14.9 Å². The zero-order chi connectivity index (χ0) is 14.7. The zero-order valence-corrected chi connectivity index (χ0v) is 10.2. The second-order valence-electron chi connectivity index (χ2n) is 4.01. The quantitative estimate of drug-likeness (QED) is 0.449. The molecule has 0 saturated carbocycles. The Bertz CT molecular complexity index is 668. The van der Waals surface area contributed by atoms with Crippen LogP contribution in [0.15, 0.2) is 42.5 Å².